The highest BCUT2D eigenvalue weighted by molar-refractivity contribution is 9.10. The molecule has 9 nitrogen and oxygen atoms in total. The van der Waals surface area contributed by atoms with Gasteiger partial charge in [0.1, 0.15) is 17.7 Å². The number of piperazine rings is 1. The average Bonchev–Trinajstić information content (AvgIpc) is 2.59. The lowest BCUT2D eigenvalue weighted by Crippen LogP contribution is -2.56. The lowest BCUT2D eigenvalue weighted by atomic mass is 10.2. The van der Waals surface area contributed by atoms with Gasteiger partial charge in [0.25, 0.3) is 0 Å². The van der Waals surface area contributed by atoms with Gasteiger partial charge in [-0.2, -0.15) is 0 Å². The quantitative estimate of drug-likeness (QED) is 0.467. The zero-order valence-corrected chi connectivity index (χ0v) is 20.3. The van der Waals surface area contributed by atoms with Crippen LogP contribution in [0.25, 0.3) is 0 Å². The van der Waals surface area contributed by atoms with Gasteiger partial charge in [0.2, 0.25) is 11.9 Å². The molecule has 0 spiro atoms. The van der Waals surface area contributed by atoms with Gasteiger partial charge in [-0.05, 0) is 65.8 Å². The van der Waals surface area contributed by atoms with E-state index in [1.807, 2.05) is 24.3 Å². The Hall–Kier alpha value is -2.62. The Kier molecular flexibility index (Phi) is 7.69. The Morgan fingerprint density at radius 3 is 2.10 bits per heavy atom. The SMILES string of the molecule is CC(C)(C)OC(=O)N=C(NC(=O)OC(C)(C)C)N1CCN(c2ccc(Br)cc2)C(=O)C1. The van der Waals surface area contributed by atoms with Crippen LogP contribution in [0.4, 0.5) is 15.3 Å². The van der Waals surface area contributed by atoms with Crippen molar-refractivity contribution in [2.45, 2.75) is 52.7 Å². The van der Waals surface area contributed by atoms with Crippen LogP contribution in [0.3, 0.4) is 0 Å². The van der Waals surface area contributed by atoms with E-state index in [1.54, 1.807) is 46.4 Å². The van der Waals surface area contributed by atoms with Crippen molar-refractivity contribution in [3.8, 4) is 0 Å². The summed E-state index contributed by atoms with van der Waals surface area (Å²) >= 11 is 3.38. The highest BCUT2D eigenvalue weighted by Gasteiger charge is 2.30. The van der Waals surface area contributed by atoms with Gasteiger partial charge in [0.05, 0.1) is 0 Å². The van der Waals surface area contributed by atoms with E-state index in [1.165, 1.54) is 4.90 Å². The van der Waals surface area contributed by atoms with E-state index >= 15 is 0 Å². The third-order valence-electron chi connectivity index (χ3n) is 3.86. The molecular weight excluding hydrogens is 468 g/mol. The van der Waals surface area contributed by atoms with Crippen molar-refractivity contribution in [2.24, 2.45) is 4.99 Å². The maximum atomic E-state index is 12.8. The topological polar surface area (TPSA) is 101 Å². The lowest BCUT2D eigenvalue weighted by Gasteiger charge is -2.36. The molecule has 2 rings (SSSR count). The average molecular weight is 497 g/mol. The first-order chi connectivity index (χ1) is 14.2. The number of rotatable bonds is 1. The molecule has 0 aliphatic carbocycles. The summed E-state index contributed by atoms with van der Waals surface area (Å²) < 4.78 is 11.4. The number of benzene rings is 1. The van der Waals surface area contributed by atoms with Crippen molar-refractivity contribution in [3.05, 3.63) is 28.7 Å². The molecule has 170 valence electrons. The standard InChI is InChI=1S/C21H29BrN4O5/c1-20(2,3)30-18(28)23-17(24-19(29)31-21(4,5)6)25-11-12-26(16(27)13-25)15-9-7-14(22)8-10-15/h7-10H,11-13H2,1-6H3,(H,23,24,28,29). The molecule has 3 amide bonds. The molecule has 1 aliphatic heterocycles. The molecule has 1 saturated heterocycles. The molecule has 1 N–H and O–H groups in total. The molecule has 0 unspecified atom stereocenters. The minimum atomic E-state index is -0.874. The number of anilines is 1. The van der Waals surface area contributed by atoms with Crippen molar-refractivity contribution in [1.29, 1.82) is 0 Å². The number of nitrogens with zero attached hydrogens (tertiary/aromatic N) is 3. The number of ether oxygens (including phenoxy) is 2. The Balaban J connectivity index is 2.19. The predicted molar refractivity (Wildman–Crippen MR) is 121 cm³/mol. The molecule has 0 bridgehead atoms. The van der Waals surface area contributed by atoms with E-state index in [9.17, 15) is 14.4 Å². The van der Waals surface area contributed by atoms with Crippen LogP contribution >= 0.6 is 15.9 Å². The first-order valence-corrected chi connectivity index (χ1v) is 10.7. The third-order valence-corrected chi connectivity index (χ3v) is 4.39. The Bertz CT molecular complexity index is 856. The fourth-order valence-electron chi connectivity index (χ4n) is 2.69. The summed E-state index contributed by atoms with van der Waals surface area (Å²) in [5.41, 5.74) is -0.733. The minimum absolute atomic E-state index is 0.0759. The summed E-state index contributed by atoms with van der Waals surface area (Å²) in [6.45, 7) is 10.9. The summed E-state index contributed by atoms with van der Waals surface area (Å²) in [7, 11) is 0. The first-order valence-electron chi connectivity index (χ1n) is 9.86. The van der Waals surface area contributed by atoms with Crippen LogP contribution in [-0.2, 0) is 14.3 Å². The number of amides is 3. The number of aliphatic imine (C=N–C) groups is 1. The maximum absolute atomic E-state index is 12.8. The van der Waals surface area contributed by atoms with Crippen LogP contribution in [-0.4, -0.2) is 59.8 Å². The van der Waals surface area contributed by atoms with Crippen molar-refractivity contribution >= 4 is 45.7 Å². The van der Waals surface area contributed by atoms with Crippen LogP contribution in [0.5, 0.6) is 0 Å². The number of alkyl carbamates (subject to hydrolysis) is 1. The smallest absolute Gasteiger partial charge is 0.437 e. The monoisotopic (exact) mass is 496 g/mol. The third kappa shape index (κ3) is 8.20. The second-order valence-electron chi connectivity index (χ2n) is 8.99. The lowest BCUT2D eigenvalue weighted by molar-refractivity contribution is -0.120. The molecule has 1 aromatic rings. The van der Waals surface area contributed by atoms with Gasteiger partial charge in [-0.3, -0.25) is 10.1 Å². The summed E-state index contributed by atoms with van der Waals surface area (Å²) in [6.07, 6.45) is -1.65. The fourth-order valence-corrected chi connectivity index (χ4v) is 2.96. The molecule has 1 fully saturated rings. The zero-order valence-electron chi connectivity index (χ0n) is 18.7. The van der Waals surface area contributed by atoms with Crippen molar-refractivity contribution < 1.29 is 23.9 Å². The zero-order chi connectivity index (χ0) is 23.4. The van der Waals surface area contributed by atoms with E-state index < -0.39 is 23.4 Å². The Labute approximate surface area is 190 Å². The van der Waals surface area contributed by atoms with Gasteiger partial charge in [-0.25, -0.2) is 9.59 Å². The van der Waals surface area contributed by atoms with E-state index in [0.717, 1.165) is 10.2 Å². The van der Waals surface area contributed by atoms with Crippen molar-refractivity contribution in [3.63, 3.8) is 0 Å². The van der Waals surface area contributed by atoms with E-state index in [4.69, 9.17) is 9.47 Å². The molecule has 31 heavy (non-hydrogen) atoms. The first kappa shape index (κ1) is 24.6. The van der Waals surface area contributed by atoms with Crippen LogP contribution in [0.1, 0.15) is 41.5 Å². The molecule has 0 saturated carbocycles. The second-order valence-corrected chi connectivity index (χ2v) is 9.90. The second kappa shape index (κ2) is 9.67. The van der Waals surface area contributed by atoms with Gasteiger partial charge < -0.3 is 19.3 Å². The van der Waals surface area contributed by atoms with E-state index in [-0.39, 0.29) is 18.4 Å². The molecule has 10 heteroatoms. The molecule has 1 aliphatic rings. The molecule has 0 aromatic heterocycles. The number of hydrogen-bond acceptors (Lipinski definition) is 5. The number of hydrogen-bond donors (Lipinski definition) is 1. The van der Waals surface area contributed by atoms with Gasteiger partial charge in [0, 0.05) is 23.2 Å². The summed E-state index contributed by atoms with van der Waals surface area (Å²) in [4.78, 5) is 44.4. The number of halogens is 1. The maximum Gasteiger partial charge on any atom is 0.437 e. The number of carbonyl (C=O) groups excluding carboxylic acids is 3. The van der Waals surface area contributed by atoms with Crippen molar-refractivity contribution in [1.82, 2.24) is 10.2 Å². The van der Waals surface area contributed by atoms with Gasteiger partial charge >= 0.3 is 12.2 Å². The normalized spacial score (nSPS) is 15.6. The number of nitrogens with one attached hydrogen (secondary N) is 1. The predicted octanol–water partition coefficient (Wildman–Crippen LogP) is 3.91. The molecule has 1 heterocycles. The Morgan fingerprint density at radius 1 is 1.00 bits per heavy atom. The van der Waals surface area contributed by atoms with Gasteiger partial charge in [-0.15, -0.1) is 4.99 Å². The highest BCUT2D eigenvalue weighted by atomic mass is 79.9. The largest absolute Gasteiger partial charge is 0.444 e. The fraction of sp³-hybridized carbons (Fsp3) is 0.524. The summed E-state index contributed by atoms with van der Waals surface area (Å²) in [5.74, 6) is -0.288. The molecule has 0 radical (unpaired) electrons. The summed E-state index contributed by atoms with van der Waals surface area (Å²) in [5, 5.41) is 2.48. The van der Waals surface area contributed by atoms with Crippen LogP contribution in [0, 0.1) is 0 Å². The molecule has 1 aromatic carbocycles. The Morgan fingerprint density at radius 2 is 1.58 bits per heavy atom. The highest BCUT2D eigenvalue weighted by Crippen LogP contribution is 2.20. The summed E-state index contributed by atoms with van der Waals surface area (Å²) in [6, 6.07) is 7.39. The molecule has 0 atom stereocenters. The van der Waals surface area contributed by atoms with Crippen LogP contribution < -0.4 is 10.2 Å². The number of carbonyl (C=O) groups is 3. The van der Waals surface area contributed by atoms with E-state index in [0.29, 0.717) is 13.1 Å². The van der Waals surface area contributed by atoms with Gasteiger partial charge in [-0.1, -0.05) is 15.9 Å². The van der Waals surface area contributed by atoms with Crippen molar-refractivity contribution in [2.75, 3.05) is 24.5 Å². The minimum Gasteiger partial charge on any atom is -0.444 e. The number of guanidine groups is 1. The molecular formula is C21H29BrN4O5. The van der Waals surface area contributed by atoms with Crippen LogP contribution in [0.15, 0.2) is 33.7 Å². The van der Waals surface area contributed by atoms with Gasteiger partial charge in [0.15, 0.2) is 0 Å². The van der Waals surface area contributed by atoms with E-state index in [2.05, 4.69) is 26.2 Å². The van der Waals surface area contributed by atoms with Crippen LogP contribution in [0.2, 0.25) is 0 Å².